The number of methoxy groups -OCH3 is 1. The van der Waals surface area contributed by atoms with Gasteiger partial charge < -0.3 is 9.30 Å². The molecule has 0 aliphatic rings. The molecule has 0 unspecified atom stereocenters. The number of para-hydroxylation sites is 1. The van der Waals surface area contributed by atoms with Gasteiger partial charge in [0.2, 0.25) is 6.54 Å². The molecule has 3 aromatic carbocycles. The zero-order valence-corrected chi connectivity index (χ0v) is 16.4. The number of benzene rings is 3. The second kappa shape index (κ2) is 7.80. The van der Waals surface area contributed by atoms with Crippen molar-refractivity contribution in [1.82, 2.24) is 4.57 Å². The fraction of sp³-hybridized carbons (Fsp3) is 0.167. The average molecular weight is 386 g/mol. The Morgan fingerprint density at radius 3 is 2.28 bits per heavy atom. The summed E-state index contributed by atoms with van der Waals surface area (Å²) in [5.41, 5.74) is 4.99. The summed E-state index contributed by atoms with van der Waals surface area (Å²) in [6, 6.07) is 25.7. The Hall–Kier alpha value is -3.60. The molecule has 1 aromatic heterocycles. The van der Waals surface area contributed by atoms with E-state index < -0.39 is 0 Å². The number of aryl methyl sites for hydroxylation is 1. The molecule has 0 fully saturated rings. The minimum Gasteiger partial charge on any atom is -0.497 e. The van der Waals surface area contributed by atoms with Gasteiger partial charge in [0.25, 0.3) is 0 Å². The summed E-state index contributed by atoms with van der Waals surface area (Å²) < 4.78 is 7.40. The zero-order chi connectivity index (χ0) is 20.4. The van der Waals surface area contributed by atoms with E-state index in [1.54, 1.807) is 7.11 Å². The van der Waals surface area contributed by atoms with E-state index in [1.165, 1.54) is 0 Å². The van der Waals surface area contributed by atoms with Crippen LogP contribution >= 0.6 is 0 Å². The van der Waals surface area contributed by atoms with Crippen LogP contribution in [0.2, 0.25) is 0 Å². The van der Waals surface area contributed by atoms with Crippen molar-refractivity contribution in [2.45, 2.75) is 5.92 Å². The number of rotatable bonds is 6. The minimum absolute atomic E-state index is 0.180. The Morgan fingerprint density at radius 1 is 0.966 bits per heavy atom. The van der Waals surface area contributed by atoms with Gasteiger partial charge >= 0.3 is 0 Å². The molecule has 0 amide bonds. The third kappa shape index (κ3) is 3.47. The van der Waals surface area contributed by atoms with Crippen molar-refractivity contribution in [3.63, 3.8) is 0 Å². The first-order valence-electron chi connectivity index (χ1n) is 9.48. The van der Waals surface area contributed by atoms with E-state index in [9.17, 15) is 10.1 Å². The number of hydrogen-bond acceptors (Lipinski definition) is 3. The summed E-state index contributed by atoms with van der Waals surface area (Å²) in [4.78, 5) is 11.4. The Balaban J connectivity index is 2.01. The zero-order valence-electron chi connectivity index (χ0n) is 16.4. The lowest BCUT2D eigenvalue weighted by Gasteiger charge is -2.17. The van der Waals surface area contributed by atoms with E-state index in [-0.39, 0.29) is 17.4 Å². The van der Waals surface area contributed by atoms with Crippen molar-refractivity contribution >= 4 is 10.9 Å². The Kier molecular flexibility index (Phi) is 5.04. The quantitative estimate of drug-likeness (QED) is 0.335. The van der Waals surface area contributed by atoms with Gasteiger partial charge in [-0.25, -0.2) is 0 Å². The molecule has 0 spiro atoms. The van der Waals surface area contributed by atoms with Crippen LogP contribution in [0.3, 0.4) is 0 Å². The number of hydrogen-bond donors (Lipinski definition) is 0. The van der Waals surface area contributed by atoms with Crippen LogP contribution in [-0.2, 0) is 7.05 Å². The van der Waals surface area contributed by atoms with Gasteiger partial charge in [-0.05, 0) is 34.9 Å². The normalized spacial score (nSPS) is 12.1. The van der Waals surface area contributed by atoms with Gasteiger partial charge in [-0.3, -0.25) is 10.1 Å². The van der Waals surface area contributed by atoms with Crippen molar-refractivity contribution in [2.24, 2.45) is 7.05 Å². The van der Waals surface area contributed by atoms with E-state index in [0.29, 0.717) is 0 Å². The van der Waals surface area contributed by atoms with E-state index in [4.69, 9.17) is 4.74 Å². The van der Waals surface area contributed by atoms with Crippen LogP contribution in [0, 0.1) is 10.1 Å². The lowest BCUT2D eigenvalue weighted by Crippen LogP contribution is -2.15. The monoisotopic (exact) mass is 386 g/mol. The van der Waals surface area contributed by atoms with Gasteiger partial charge in [0.15, 0.2) is 0 Å². The smallest absolute Gasteiger partial charge is 0.214 e. The summed E-state index contributed by atoms with van der Waals surface area (Å²) in [6.07, 6.45) is 0. The average Bonchev–Trinajstić information content (AvgIpc) is 3.05. The van der Waals surface area contributed by atoms with Crippen molar-refractivity contribution in [1.29, 1.82) is 0 Å². The topological polar surface area (TPSA) is 57.3 Å². The molecule has 0 N–H and O–H groups in total. The highest BCUT2D eigenvalue weighted by Crippen LogP contribution is 2.40. The highest BCUT2D eigenvalue weighted by Gasteiger charge is 2.28. The maximum atomic E-state index is 11.6. The van der Waals surface area contributed by atoms with Crippen LogP contribution in [-0.4, -0.2) is 23.1 Å². The molecule has 5 heteroatoms. The molecule has 4 aromatic rings. The van der Waals surface area contributed by atoms with Gasteiger partial charge in [0, 0.05) is 22.9 Å². The second-order valence-electron chi connectivity index (χ2n) is 7.05. The van der Waals surface area contributed by atoms with Gasteiger partial charge in [0.05, 0.1) is 18.7 Å². The molecule has 0 saturated carbocycles. The second-order valence-corrected chi connectivity index (χ2v) is 7.05. The van der Waals surface area contributed by atoms with Crippen LogP contribution in [0.5, 0.6) is 5.75 Å². The van der Waals surface area contributed by atoms with Gasteiger partial charge in [-0.15, -0.1) is 0 Å². The summed E-state index contributed by atoms with van der Waals surface area (Å²) in [5, 5.41) is 12.7. The van der Waals surface area contributed by atoms with Crippen molar-refractivity contribution in [3.8, 4) is 17.0 Å². The lowest BCUT2D eigenvalue weighted by atomic mass is 9.87. The molecule has 29 heavy (non-hydrogen) atoms. The standard InChI is InChI=1S/C24H22N2O3/c1-25-22-11-7-6-10-20(22)23(24(25)18-8-4-3-5-9-18)21(16-26(27)28)17-12-14-19(29-2)15-13-17/h3-15,21H,16H2,1-2H3/t21-/m0/s1. The third-order valence-electron chi connectivity index (χ3n) is 5.39. The molecule has 146 valence electrons. The van der Waals surface area contributed by atoms with Crippen molar-refractivity contribution < 1.29 is 9.66 Å². The molecular weight excluding hydrogens is 364 g/mol. The molecule has 0 saturated heterocycles. The molecule has 0 aliphatic heterocycles. The van der Waals surface area contributed by atoms with Gasteiger partial charge in [-0.2, -0.15) is 0 Å². The summed E-state index contributed by atoms with van der Waals surface area (Å²) in [5.74, 6) is 0.354. The van der Waals surface area contributed by atoms with E-state index in [0.717, 1.165) is 39.0 Å². The number of aromatic nitrogens is 1. The fourth-order valence-electron chi connectivity index (χ4n) is 4.07. The van der Waals surface area contributed by atoms with E-state index in [2.05, 4.69) is 22.8 Å². The fourth-order valence-corrected chi connectivity index (χ4v) is 4.07. The number of fused-ring (bicyclic) bond motifs is 1. The maximum Gasteiger partial charge on any atom is 0.214 e. The maximum absolute atomic E-state index is 11.6. The summed E-state index contributed by atoms with van der Waals surface area (Å²) >= 11 is 0. The first-order valence-corrected chi connectivity index (χ1v) is 9.48. The highest BCUT2D eigenvalue weighted by molar-refractivity contribution is 5.93. The minimum atomic E-state index is -0.378. The Labute approximate surface area is 169 Å². The largest absolute Gasteiger partial charge is 0.497 e. The van der Waals surface area contributed by atoms with Crippen molar-refractivity contribution in [3.05, 3.63) is 100 Å². The van der Waals surface area contributed by atoms with Gasteiger partial charge in [-0.1, -0.05) is 60.7 Å². The van der Waals surface area contributed by atoms with Crippen LogP contribution in [0.25, 0.3) is 22.2 Å². The SMILES string of the molecule is COc1ccc([C@H](C[N+](=O)[O-])c2c(-c3ccccc3)n(C)c3ccccc23)cc1. The van der Waals surface area contributed by atoms with E-state index in [1.807, 2.05) is 67.7 Å². The molecule has 1 atom stereocenters. The predicted molar refractivity (Wildman–Crippen MR) is 115 cm³/mol. The first-order chi connectivity index (χ1) is 14.1. The molecule has 5 nitrogen and oxygen atoms in total. The van der Waals surface area contributed by atoms with Gasteiger partial charge in [0.1, 0.15) is 5.75 Å². The molecule has 0 radical (unpaired) electrons. The molecule has 1 heterocycles. The summed E-state index contributed by atoms with van der Waals surface area (Å²) in [6.45, 7) is -0.180. The highest BCUT2D eigenvalue weighted by atomic mass is 16.6. The molecule has 0 bridgehead atoms. The van der Waals surface area contributed by atoms with E-state index >= 15 is 0 Å². The van der Waals surface area contributed by atoms with Crippen LogP contribution in [0.15, 0.2) is 78.9 Å². The Bertz CT molecular complexity index is 1150. The molecular formula is C24H22N2O3. The predicted octanol–water partition coefficient (Wildman–Crippen LogP) is 5.26. The number of nitrogens with zero attached hydrogens (tertiary/aromatic N) is 2. The Morgan fingerprint density at radius 2 is 1.62 bits per heavy atom. The van der Waals surface area contributed by atoms with Crippen molar-refractivity contribution in [2.75, 3.05) is 13.7 Å². The molecule has 0 aliphatic carbocycles. The third-order valence-corrected chi connectivity index (χ3v) is 5.39. The molecule has 4 rings (SSSR count). The first kappa shape index (κ1) is 18.7. The van der Waals surface area contributed by atoms with Crippen LogP contribution < -0.4 is 4.74 Å². The van der Waals surface area contributed by atoms with Crippen LogP contribution in [0.4, 0.5) is 0 Å². The summed E-state index contributed by atoms with van der Waals surface area (Å²) in [7, 11) is 3.63. The number of ether oxygens (including phenoxy) is 1. The lowest BCUT2D eigenvalue weighted by molar-refractivity contribution is -0.481. The number of nitro groups is 1. The van der Waals surface area contributed by atoms with Crippen LogP contribution in [0.1, 0.15) is 17.0 Å².